The van der Waals surface area contributed by atoms with Crippen LogP contribution in [0.3, 0.4) is 0 Å². The number of aromatic amines is 1. The van der Waals surface area contributed by atoms with E-state index in [1.165, 1.54) is 0 Å². The van der Waals surface area contributed by atoms with Gasteiger partial charge in [0.1, 0.15) is 5.69 Å². The topological polar surface area (TPSA) is 57.8 Å². The largest absolute Gasteiger partial charge is 0.351 e. The van der Waals surface area contributed by atoms with Crippen LogP contribution in [-0.4, -0.2) is 22.4 Å². The lowest BCUT2D eigenvalue weighted by Crippen LogP contribution is -2.27. The van der Waals surface area contributed by atoms with Gasteiger partial charge in [-0.25, -0.2) is 4.98 Å². The third-order valence-corrected chi connectivity index (χ3v) is 4.22. The highest BCUT2D eigenvalue weighted by atomic mass is 32.1. The molecule has 2 heterocycles. The first kappa shape index (κ1) is 12.9. The van der Waals surface area contributed by atoms with E-state index in [-0.39, 0.29) is 11.8 Å². The van der Waals surface area contributed by atoms with E-state index in [0.29, 0.717) is 12.2 Å². The molecule has 0 aliphatic rings. The van der Waals surface area contributed by atoms with Gasteiger partial charge in [0.15, 0.2) is 0 Å². The fourth-order valence-corrected chi connectivity index (χ4v) is 2.80. The molecule has 5 heteroatoms. The van der Waals surface area contributed by atoms with Crippen LogP contribution in [0.2, 0.25) is 0 Å². The van der Waals surface area contributed by atoms with Crippen LogP contribution in [0.4, 0.5) is 0 Å². The number of H-pyrrole nitrogens is 1. The number of hydrogen-bond acceptors (Lipinski definition) is 3. The molecule has 3 rings (SSSR count). The molecule has 0 aliphatic carbocycles. The number of amides is 1. The van der Waals surface area contributed by atoms with Gasteiger partial charge in [0, 0.05) is 34.9 Å². The molecule has 20 heavy (non-hydrogen) atoms. The van der Waals surface area contributed by atoms with Gasteiger partial charge in [-0.15, -0.1) is 11.3 Å². The molecule has 1 atom stereocenters. The number of nitrogens with one attached hydrogen (secondary N) is 2. The molecule has 4 nitrogen and oxygen atoms in total. The summed E-state index contributed by atoms with van der Waals surface area (Å²) < 4.78 is 0. The van der Waals surface area contributed by atoms with Crippen molar-refractivity contribution in [3.8, 4) is 0 Å². The fourth-order valence-electron chi connectivity index (χ4n) is 2.10. The normalized spacial score (nSPS) is 12.4. The minimum absolute atomic E-state index is 0.0791. The SMILES string of the molecule is CC(CNC(=O)c1cc2ccccc2[nH]1)c1nccs1. The number of fused-ring (bicyclic) bond motifs is 1. The highest BCUT2D eigenvalue weighted by Crippen LogP contribution is 2.17. The van der Waals surface area contributed by atoms with Crippen molar-refractivity contribution in [2.75, 3.05) is 6.54 Å². The summed E-state index contributed by atoms with van der Waals surface area (Å²) in [7, 11) is 0. The van der Waals surface area contributed by atoms with Crippen molar-refractivity contribution in [2.45, 2.75) is 12.8 Å². The Morgan fingerprint density at radius 3 is 3.05 bits per heavy atom. The Labute approximate surface area is 120 Å². The second kappa shape index (κ2) is 5.46. The average molecular weight is 285 g/mol. The number of carbonyl (C=O) groups excluding carboxylic acids is 1. The first-order valence-corrected chi connectivity index (χ1v) is 7.37. The Kier molecular flexibility index (Phi) is 3.52. The summed E-state index contributed by atoms with van der Waals surface area (Å²) in [6.07, 6.45) is 1.79. The van der Waals surface area contributed by atoms with Crippen LogP contribution >= 0.6 is 11.3 Å². The standard InChI is InChI=1S/C15H15N3OS/c1-10(15-16-6-7-20-15)9-17-14(19)13-8-11-4-2-3-5-12(11)18-13/h2-8,10,18H,9H2,1H3,(H,17,19). The first-order chi connectivity index (χ1) is 9.74. The Bertz CT molecular complexity index is 685. The van der Waals surface area contributed by atoms with Crippen LogP contribution in [0.1, 0.15) is 28.3 Å². The molecule has 1 aromatic carbocycles. The molecule has 1 unspecified atom stereocenters. The maximum Gasteiger partial charge on any atom is 0.267 e. The number of rotatable bonds is 4. The van der Waals surface area contributed by atoms with Crippen LogP contribution in [0.15, 0.2) is 41.9 Å². The molecule has 2 N–H and O–H groups in total. The molecule has 0 saturated carbocycles. The summed E-state index contributed by atoms with van der Waals surface area (Å²) in [6.45, 7) is 2.64. The van der Waals surface area contributed by atoms with Gasteiger partial charge in [0.05, 0.1) is 5.01 Å². The van der Waals surface area contributed by atoms with Gasteiger partial charge in [-0.1, -0.05) is 25.1 Å². The minimum Gasteiger partial charge on any atom is -0.351 e. The third-order valence-electron chi connectivity index (χ3n) is 3.22. The molecular formula is C15H15N3OS. The molecule has 102 valence electrons. The number of hydrogen-bond donors (Lipinski definition) is 2. The van der Waals surface area contributed by atoms with Crippen molar-refractivity contribution in [3.63, 3.8) is 0 Å². The van der Waals surface area contributed by atoms with Crippen molar-refractivity contribution in [1.82, 2.24) is 15.3 Å². The summed E-state index contributed by atoms with van der Waals surface area (Å²) in [4.78, 5) is 19.5. The lowest BCUT2D eigenvalue weighted by Gasteiger charge is -2.09. The Hall–Kier alpha value is -2.14. The number of benzene rings is 1. The highest BCUT2D eigenvalue weighted by molar-refractivity contribution is 7.09. The zero-order chi connectivity index (χ0) is 13.9. The Morgan fingerprint density at radius 2 is 2.30 bits per heavy atom. The van der Waals surface area contributed by atoms with E-state index in [4.69, 9.17) is 0 Å². The summed E-state index contributed by atoms with van der Waals surface area (Å²) in [5, 5.41) is 6.98. The van der Waals surface area contributed by atoms with E-state index in [1.807, 2.05) is 35.7 Å². The number of para-hydroxylation sites is 1. The maximum atomic E-state index is 12.1. The van der Waals surface area contributed by atoms with Gasteiger partial charge in [0.2, 0.25) is 0 Å². The number of nitrogens with zero attached hydrogens (tertiary/aromatic N) is 1. The van der Waals surface area contributed by atoms with Crippen LogP contribution in [0.5, 0.6) is 0 Å². The second-order valence-electron chi connectivity index (χ2n) is 4.75. The average Bonchev–Trinajstić information content (AvgIpc) is 3.12. The molecule has 0 fully saturated rings. The summed E-state index contributed by atoms with van der Waals surface area (Å²) >= 11 is 1.61. The fraction of sp³-hybridized carbons (Fsp3) is 0.200. The van der Waals surface area contributed by atoms with E-state index < -0.39 is 0 Å². The molecule has 2 aromatic heterocycles. The quantitative estimate of drug-likeness (QED) is 0.773. The molecule has 0 radical (unpaired) electrons. The van der Waals surface area contributed by atoms with Gasteiger partial charge in [-0.3, -0.25) is 4.79 Å². The summed E-state index contributed by atoms with van der Waals surface area (Å²) in [6, 6.07) is 9.73. The van der Waals surface area contributed by atoms with E-state index in [9.17, 15) is 4.79 Å². The number of thiazole rings is 1. The Morgan fingerprint density at radius 1 is 1.45 bits per heavy atom. The molecule has 3 aromatic rings. The summed E-state index contributed by atoms with van der Waals surface area (Å²) in [5.74, 6) is 0.146. The monoisotopic (exact) mass is 285 g/mol. The molecule has 0 spiro atoms. The van der Waals surface area contributed by atoms with Gasteiger partial charge in [-0.2, -0.15) is 0 Å². The predicted molar refractivity (Wildman–Crippen MR) is 81.2 cm³/mol. The lowest BCUT2D eigenvalue weighted by molar-refractivity contribution is 0.0947. The maximum absolute atomic E-state index is 12.1. The van der Waals surface area contributed by atoms with E-state index in [1.54, 1.807) is 17.5 Å². The predicted octanol–water partition coefficient (Wildman–Crippen LogP) is 3.16. The smallest absolute Gasteiger partial charge is 0.267 e. The molecule has 0 saturated heterocycles. The van der Waals surface area contributed by atoms with Crippen molar-refractivity contribution >= 4 is 28.1 Å². The van der Waals surface area contributed by atoms with Crippen LogP contribution in [0.25, 0.3) is 10.9 Å². The third kappa shape index (κ3) is 2.58. The van der Waals surface area contributed by atoms with Crippen molar-refractivity contribution < 1.29 is 4.79 Å². The second-order valence-corrected chi connectivity index (χ2v) is 5.68. The van der Waals surface area contributed by atoms with Crippen molar-refractivity contribution in [3.05, 3.63) is 52.6 Å². The van der Waals surface area contributed by atoms with Crippen LogP contribution in [-0.2, 0) is 0 Å². The Balaban J connectivity index is 1.67. The molecular weight excluding hydrogens is 270 g/mol. The van der Waals surface area contributed by atoms with E-state index >= 15 is 0 Å². The van der Waals surface area contributed by atoms with Gasteiger partial charge in [-0.05, 0) is 12.1 Å². The zero-order valence-electron chi connectivity index (χ0n) is 11.1. The summed E-state index contributed by atoms with van der Waals surface area (Å²) in [5.41, 5.74) is 1.57. The lowest BCUT2D eigenvalue weighted by atomic mass is 10.2. The minimum atomic E-state index is -0.0791. The van der Waals surface area contributed by atoms with Crippen LogP contribution in [0, 0.1) is 0 Å². The first-order valence-electron chi connectivity index (χ1n) is 6.49. The molecule has 0 aliphatic heterocycles. The van der Waals surface area contributed by atoms with E-state index in [0.717, 1.165) is 15.9 Å². The number of carbonyl (C=O) groups is 1. The van der Waals surface area contributed by atoms with E-state index in [2.05, 4.69) is 22.2 Å². The van der Waals surface area contributed by atoms with Crippen molar-refractivity contribution in [2.24, 2.45) is 0 Å². The van der Waals surface area contributed by atoms with Crippen molar-refractivity contribution in [1.29, 1.82) is 0 Å². The molecule has 1 amide bonds. The van der Waals surface area contributed by atoms with Gasteiger partial charge < -0.3 is 10.3 Å². The van der Waals surface area contributed by atoms with Gasteiger partial charge in [0.25, 0.3) is 5.91 Å². The van der Waals surface area contributed by atoms with Crippen LogP contribution < -0.4 is 5.32 Å². The molecule has 0 bridgehead atoms. The number of aromatic nitrogens is 2. The zero-order valence-corrected chi connectivity index (χ0v) is 11.9. The highest BCUT2D eigenvalue weighted by Gasteiger charge is 2.12. The van der Waals surface area contributed by atoms with Gasteiger partial charge >= 0.3 is 0 Å².